The normalized spacial score (nSPS) is 11.1. The van der Waals surface area contributed by atoms with Crippen molar-refractivity contribution in [1.29, 1.82) is 0 Å². The van der Waals surface area contributed by atoms with Gasteiger partial charge in [0.2, 0.25) is 0 Å². The van der Waals surface area contributed by atoms with Crippen molar-refractivity contribution in [1.82, 2.24) is 14.1 Å². The van der Waals surface area contributed by atoms with E-state index in [1.54, 1.807) is 12.3 Å². The van der Waals surface area contributed by atoms with Crippen LogP contribution in [-0.2, 0) is 13.1 Å². The molecule has 0 spiro atoms. The number of aromatic nitrogens is 3. The number of nitrogens with two attached hydrogens (primary N) is 1. The van der Waals surface area contributed by atoms with Gasteiger partial charge >= 0.3 is 5.69 Å². The minimum absolute atomic E-state index is 0.139. The molecule has 2 heterocycles. The Morgan fingerprint density at radius 1 is 1.19 bits per heavy atom. The summed E-state index contributed by atoms with van der Waals surface area (Å²) in [7, 11) is 0. The molecular weight excluding hydrogens is 362 g/mol. The lowest BCUT2D eigenvalue weighted by molar-refractivity contribution is 0.606. The van der Waals surface area contributed by atoms with Gasteiger partial charge in [-0.15, -0.1) is 11.3 Å². The fourth-order valence-electron chi connectivity index (χ4n) is 2.86. The van der Waals surface area contributed by atoms with Crippen LogP contribution in [0.4, 0.5) is 10.9 Å². The molecule has 0 bridgehead atoms. The van der Waals surface area contributed by atoms with Crippen molar-refractivity contribution in [3.05, 3.63) is 62.1 Å². The number of nitrogens with one attached hydrogen (secondary N) is 1. The fraction of sp³-hybridized carbons (Fsp3) is 0.316. The van der Waals surface area contributed by atoms with Gasteiger partial charge in [0.05, 0.1) is 12.2 Å². The molecule has 0 atom stereocenters. The van der Waals surface area contributed by atoms with Crippen LogP contribution in [0.1, 0.15) is 26.3 Å². The van der Waals surface area contributed by atoms with Crippen LogP contribution in [0.15, 0.2) is 45.3 Å². The van der Waals surface area contributed by atoms with E-state index in [4.69, 9.17) is 5.73 Å². The summed E-state index contributed by atoms with van der Waals surface area (Å²) in [5.74, 6) is 0.139. The number of hydrogen-bond donors (Lipinski definition) is 2. The Labute approximate surface area is 161 Å². The van der Waals surface area contributed by atoms with Gasteiger partial charge in [-0.1, -0.05) is 30.3 Å². The van der Waals surface area contributed by atoms with Gasteiger partial charge in [0.15, 0.2) is 5.13 Å². The summed E-state index contributed by atoms with van der Waals surface area (Å²) < 4.78 is 2.63. The Morgan fingerprint density at radius 2 is 1.89 bits per heavy atom. The molecule has 0 aliphatic rings. The fourth-order valence-corrected chi connectivity index (χ4v) is 3.70. The maximum absolute atomic E-state index is 12.9. The molecule has 0 aliphatic carbocycles. The average molecular weight is 385 g/mol. The molecule has 8 heteroatoms. The smallest absolute Gasteiger partial charge is 0.332 e. The van der Waals surface area contributed by atoms with Crippen molar-refractivity contribution in [2.75, 3.05) is 11.1 Å². The van der Waals surface area contributed by atoms with Crippen LogP contribution >= 0.6 is 11.3 Å². The summed E-state index contributed by atoms with van der Waals surface area (Å²) in [6, 6.07) is 9.77. The topological polar surface area (TPSA) is 94.9 Å². The van der Waals surface area contributed by atoms with Gasteiger partial charge in [-0.25, -0.2) is 9.78 Å². The van der Waals surface area contributed by atoms with Crippen LogP contribution in [0.3, 0.4) is 0 Å². The lowest BCUT2D eigenvalue weighted by Crippen LogP contribution is -2.41. The zero-order valence-corrected chi connectivity index (χ0v) is 16.4. The van der Waals surface area contributed by atoms with Crippen molar-refractivity contribution in [2.24, 2.45) is 0 Å². The predicted molar refractivity (Wildman–Crippen MR) is 110 cm³/mol. The van der Waals surface area contributed by atoms with Crippen LogP contribution in [0.5, 0.6) is 0 Å². The SMILES string of the molecule is CCn1c(=O)c(-c2csc(NC(C)C)n2)c(N)n(Cc2ccccc2)c1=O. The molecule has 0 fully saturated rings. The Bertz CT molecular complexity index is 1050. The molecule has 142 valence electrons. The number of rotatable bonds is 6. The lowest BCUT2D eigenvalue weighted by Gasteiger charge is -2.15. The van der Waals surface area contributed by atoms with Crippen molar-refractivity contribution in [3.8, 4) is 11.3 Å². The third-order valence-electron chi connectivity index (χ3n) is 4.14. The molecule has 0 saturated heterocycles. The lowest BCUT2D eigenvalue weighted by atomic mass is 10.2. The van der Waals surface area contributed by atoms with Crippen molar-refractivity contribution in [3.63, 3.8) is 0 Å². The Kier molecular flexibility index (Phi) is 5.46. The van der Waals surface area contributed by atoms with Crippen LogP contribution in [0, 0.1) is 0 Å². The van der Waals surface area contributed by atoms with Crippen LogP contribution in [-0.4, -0.2) is 20.2 Å². The molecule has 0 amide bonds. The summed E-state index contributed by atoms with van der Waals surface area (Å²) in [6.07, 6.45) is 0. The molecule has 1 aromatic carbocycles. The average Bonchev–Trinajstić information content (AvgIpc) is 3.07. The van der Waals surface area contributed by atoms with Gasteiger partial charge in [0.1, 0.15) is 11.4 Å². The van der Waals surface area contributed by atoms with E-state index >= 15 is 0 Å². The first-order valence-corrected chi connectivity index (χ1v) is 9.69. The van der Waals surface area contributed by atoms with Gasteiger partial charge in [0, 0.05) is 18.0 Å². The highest BCUT2D eigenvalue weighted by atomic mass is 32.1. The molecule has 3 aromatic rings. The number of hydrogen-bond acceptors (Lipinski definition) is 6. The largest absolute Gasteiger partial charge is 0.384 e. The second kappa shape index (κ2) is 7.79. The first-order valence-electron chi connectivity index (χ1n) is 8.81. The number of benzene rings is 1. The third-order valence-corrected chi connectivity index (χ3v) is 4.91. The zero-order chi connectivity index (χ0) is 19.6. The Hall–Kier alpha value is -2.87. The van der Waals surface area contributed by atoms with Gasteiger partial charge in [-0.2, -0.15) is 0 Å². The maximum Gasteiger partial charge on any atom is 0.332 e. The number of nitrogen functional groups attached to an aromatic ring is 1. The molecule has 27 heavy (non-hydrogen) atoms. The van der Waals surface area contributed by atoms with Crippen molar-refractivity contribution in [2.45, 2.75) is 39.9 Å². The second-order valence-electron chi connectivity index (χ2n) is 6.50. The van der Waals surface area contributed by atoms with Crippen molar-refractivity contribution >= 4 is 22.3 Å². The molecule has 0 radical (unpaired) electrons. The minimum Gasteiger partial charge on any atom is -0.384 e. The van der Waals surface area contributed by atoms with Crippen LogP contribution in [0.2, 0.25) is 0 Å². The van der Waals surface area contributed by atoms with Gasteiger partial charge < -0.3 is 11.1 Å². The second-order valence-corrected chi connectivity index (χ2v) is 7.36. The number of thiazole rings is 1. The van der Waals surface area contributed by atoms with E-state index in [1.807, 2.05) is 44.2 Å². The summed E-state index contributed by atoms with van der Waals surface area (Å²) in [6.45, 7) is 6.35. The molecule has 3 rings (SSSR count). The van der Waals surface area contributed by atoms with E-state index in [2.05, 4.69) is 10.3 Å². The van der Waals surface area contributed by atoms with E-state index in [0.717, 1.165) is 5.56 Å². The van der Waals surface area contributed by atoms with Crippen molar-refractivity contribution < 1.29 is 0 Å². The highest BCUT2D eigenvalue weighted by Gasteiger charge is 2.20. The van der Waals surface area contributed by atoms with Crippen LogP contribution < -0.4 is 22.3 Å². The zero-order valence-electron chi connectivity index (χ0n) is 15.6. The first kappa shape index (κ1) is 18.9. The van der Waals surface area contributed by atoms with E-state index in [1.165, 1.54) is 20.5 Å². The van der Waals surface area contributed by atoms with Gasteiger partial charge in [-0.05, 0) is 26.3 Å². The highest BCUT2D eigenvalue weighted by molar-refractivity contribution is 7.14. The molecule has 0 unspecified atom stereocenters. The summed E-state index contributed by atoms with van der Waals surface area (Å²) in [5.41, 5.74) is 7.14. The maximum atomic E-state index is 12.9. The summed E-state index contributed by atoms with van der Waals surface area (Å²) >= 11 is 1.40. The quantitative estimate of drug-likeness (QED) is 0.680. The van der Waals surface area contributed by atoms with Gasteiger partial charge in [-0.3, -0.25) is 13.9 Å². The molecule has 0 aliphatic heterocycles. The van der Waals surface area contributed by atoms with Crippen LogP contribution in [0.25, 0.3) is 11.3 Å². The monoisotopic (exact) mass is 385 g/mol. The number of nitrogens with zero attached hydrogens (tertiary/aromatic N) is 3. The Balaban J connectivity index is 2.16. The third kappa shape index (κ3) is 3.80. The Morgan fingerprint density at radius 3 is 2.52 bits per heavy atom. The molecule has 0 saturated carbocycles. The molecule has 7 nitrogen and oxygen atoms in total. The summed E-state index contributed by atoms with van der Waals surface area (Å²) in [4.78, 5) is 30.2. The number of anilines is 2. The minimum atomic E-state index is -0.414. The first-order chi connectivity index (χ1) is 12.9. The standard InChI is InChI=1S/C19H23N5O2S/c1-4-23-17(25)15(14-11-27-18(22-14)21-12(2)3)16(20)24(19(23)26)10-13-8-6-5-7-9-13/h5-9,11-12H,4,10,20H2,1-3H3,(H,21,22). The molecule has 3 N–H and O–H groups in total. The van der Waals surface area contributed by atoms with E-state index in [0.29, 0.717) is 17.4 Å². The molecular formula is C19H23N5O2S. The predicted octanol–water partition coefficient (Wildman–Crippen LogP) is 2.60. The van der Waals surface area contributed by atoms with E-state index in [-0.39, 0.29) is 24.0 Å². The van der Waals surface area contributed by atoms with Gasteiger partial charge in [0.25, 0.3) is 5.56 Å². The summed E-state index contributed by atoms with van der Waals surface area (Å²) in [5, 5.41) is 5.72. The highest BCUT2D eigenvalue weighted by Crippen LogP contribution is 2.26. The molecule has 2 aromatic heterocycles. The van der Waals surface area contributed by atoms with E-state index < -0.39 is 11.2 Å². The van der Waals surface area contributed by atoms with E-state index in [9.17, 15) is 9.59 Å².